The second-order valence-corrected chi connectivity index (χ2v) is 29.8. The van der Waals surface area contributed by atoms with Gasteiger partial charge in [0.15, 0.2) is 0 Å². The Labute approximate surface area is 464 Å². The van der Waals surface area contributed by atoms with E-state index in [1.807, 2.05) is 90.0 Å². The molecule has 10 saturated carbocycles. The van der Waals surface area contributed by atoms with Crippen LogP contribution < -0.4 is 0 Å². The van der Waals surface area contributed by atoms with E-state index in [2.05, 4.69) is 32.4 Å². The van der Waals surface area contributed by atoms with Crippen molar-refractivity contribution in [2.45, 2.75) is 296 Å². The van der Waals surface area contributed by atoms with Crippen molar-refractivity contribution in [3.8, 4) is 0 Å². The van der Waals surface area contributed by atoms with Gasteiger partial charge in [-0.15, -0.1) is 0 Å². The zero-order valence-electron chi connectivity index (χ0n) is 52.0. The number of fused-ring (bicyclic) bond motifs is 7. The second kappa shape index (κ2) is 25.9. The first-order valence-corrected chi connectivity index (χ1v) is 31.3. The van der Waals surface area contributed by atoms with E-state index in [4.69, 9.17) is 18.9 Å². The summed E-state index contributed by atoms with van der Waals surface area (Å²) in [6.45, 7) is 34.5. The minimum Gasteiger partial charge on any atom is -0.469 e. The lowest BCUT2D eigenvalue weighted by Crippen LogP contribution is -2.53. The number of hydrogen-bond donors (Lipinski definition) is 0. The van der Waals surface area contributed by atoms with Crippen molar-refractivity contribution >= 4 is 29.8 Å². The van der Waals surface area contributed by atoms with Gasteiger partial charge in [-0.25, -0.2) is 0 Å². The maximum Gasteiger partial charge on any atom is 0.312 e. The molecule has 0 N–H and O–H groups in total. The molecule has 10 nitrogen and oxygen atoms in total. The van der Waals surface area contributed by atoms with E-state index in [-0.39, 0.29) is 80.8 Å². The summed E-state index contributed by atoms with van der Waals surface area (Å²) in [5.74, 6) is 7.18. The SMILES string of the molecule is CCC(C)(C)C(=O)OC.CCC(C)(C)C(=O)OC12CC3CC(CC(C3)C1)C2.CCC(C)(C)C(=O)OC1CC2CC1C1CCCC21.CCC(C)(C)C(=O)OC1CC2CCC1C2(C)C.CCC(C)(C)C(=O)OC1CCCCC1. The Bertz CT molecular complexity index is 1900. The number of carbonyl (C=O) groups is 5. The highest BCUT2D eigenvalue weighted by Crippen LogP contribution is 2.61. The largest absolute Gasteiger partial charge is 0.469 e. The van der Waals surface area contributed by atoms with Gasteiger partial charge < -0.3 is 23.7 Å². The summed E-state index contributed by atoms with van der Waals surface area (Å²) in [7, 11) is 1.42. The molecule has 10 rings (SSSR count). The van der Waals surface area contributed by atoms with Gasteiger partial charge in [0.1, 0.15) is 23.9 Å². The topological polar surface area (TPSA) is 132 Å². The van der Waals surface area contributed by atoms with Crippen LogP contribution in [-0.4, -0.2) is 60.9 Å². The monoisotopic (exact) mass is 1070 g/mol. The van der Waals surface area contributed by atoms with Crippen molar-refractivity contribution in [3.05, 3.63) is 0 Å². The van der Waals surface area contributed by atoms with Gasteiger partial charge in [0, 0.05) is 5.92 Å². The van der Waals surface area contributed by atoms with Gasteiger partial charge in [-0.2, -0.15) is 0 Å². The molecule has 0 amide bonds. The van der Waals surface area contributed by atoms with Gasteiger partial charge in [-0.3, -0.25) is 24.0 Å². The highest BCUT2D eigenvalue weighted by Gasteiger charge is 2.57. The number of esters is 5. The fraction of sp³-hybridized carbons (Fsp3) is 0.924. The molecule has 10 aliphatic carbocycles. The van der Waals surface area contributed by atoms with Crippen LogP contribution >= 0.6 is 0 Å². The van der Waals surface area contributed by atoms with Gasteiger partial charge in [0.05, 0.1) is 34.2 Å². The standard InChI is InChI=1S/2C16H26O2.C15H26O2.C12H22O2.C7H14O2/c1-4-15(2,3)14(17)18-16-8-11-5-12(9-16)7-13(6-11)10-16;1-4-16(2,3)15(17)18-14-9-10-8-13(14)12-7-5-6-11(10)12;1-6-14(2,3)13(16)17-12-9-10-7-8-11(12)15(10,4)5;1-4-12(2,3)11(13)14-10-8-6-5-7-9-10;1-5-7(2,3)6(8)9-4/h11-13H,4-10H2,1-3H3;10-14H,4-9H2,1-3H3;10-12H,6-9H2,1-5H3;10H,4-9H2,1-3H3;5H2,1-4H3. The zero-order chi connectivity index (χ0) is 56.8. The van der Waals surface area contributed by atoms with Crippen molar-refractivity contribution in [3.63, 3.8) is 0 Å². The molecule has 0 aliphatic heterocycles. The lowest BCUT2D eigenvalue weighted by molar-refractivity contribution is -0.196. The lowest BCUT2D eigenvalue weighted by atomic mass is 9.54. The molecule has 10 aliphatic rings. The van der Waals surface area contributed by atoms with Gasteiger partial charge in [-0.1, -0.05) is 61.3 Å². The van der Waals surface area contributed by atoms with Gasteiger partial charge in [0.2, 0.25) is 0 Å². The Balaban J connectivity index is 0.000000179. The fourth-order valence-corrected chi connectivity index (χ4v) is 14.8. The maximum atomic E-state index is 12.4. The molecule has 0 heterocycles. The Hall–Kier alpha value is -2.65. The Morgan fingerprint density at radius 2 is 0.868 bits per heavy atom. The van der Waals surface area contributed by atoms with Crippen LogP contribution in [0.25, 0.3) is 0 Å². The van der Waals surface area contributed by atoms with Crippen molar-refractivity contribution in [2.24, 2.45) is 85.8 Å². The van der Waals surface area contributed by atoms with E-state index in [0.29, 0.717) is 17.3 Å². The van der Waals surface area contributed by atoms with Crippen molar-refractivity contribution in [1.82, 2.24) is 0 Å². The van der Waals surface area contributed by atoms with Crippen LogP contribution in [0, 0.1) is 85.8 Å². The summed E-state index contributed by atoms with van der Waals surface area (Å²) >= 11 is 0. The molecule has 0 aromatic carbocycles. The quantitative estimate of drug-likeness (QED) is 0.122. The molecule has 0 aromatic heterocycles. The smallest absolute Gasteiger partial charge is 0.312 e. The van der Waals surface area contributed by atoms with E-state index in [1.165, 1.54) is 84.2 Å². The third kappa shape index (κ3) is 15.4. The van der Waals surface area contributed by atoms with Crippen LogP contribution in [0.2, 0.25) is 0 Å². The molecule has 10 fully saturated rings. The summed E-state index contributed by atoms with van der Waals surface area (Å²) < 4.78 is 27.8. The van der Waals surface area contributed by atoms with Gasteiger partial charge in [0.25, 0.3) is 0 Å². The van der Waals surface area contributed by atoms with E-state index >= 15 is 0 Å². The molecule has 0 saturated heterocycles. The van der Waals surface area contributed by atoms with Crippen molar-refractivity contribution in [2.75, 3.05) is 7.11 Å². The minimum absolute atomic E-state index is 0.00616. The molecule has 0 spiro atoms. The van der Waals surface area contributed by atoms with Crippen LogP contribution in [-0.2, 0) is 47.7 Å². The Morgan fingerprint density at radius 3 is 1.29 bits per heavy atom. The maximum absolute atomic E-state index is 12.4. The molecule has 8 unspecified atom stereocenters. The minimum atomic E-state index is -0.327. The average Bonchev–Trinajstić information content (AvgIpc) is 4.20. The molecule has 8 atom stereocenters. The average molecular weight is 1070 g/mol. The first-order chi connectivity index (χ1) is 35.3. The summed E-state index contributed by atoms with van der Waals surface area (Å²) in [4.78, 5) is 59.3. The van der Waals surface area contributed by atoms with E-state index in [1.54, 1.807) is 0 Å². The third-order valence-corrected chi connectivity index (χ3v) is 22.2. The van der Waals surface area contributed by atoms with Crippen molar-refractivity contribution < 1.29 is 47.7 Å². The van der Waals surface area contributed by atoms with Gasteiger partial charge in [-0.05, 0) is 263 Å². The number of rotatable bonds is 14. The number of hydrogen-bond acceptors (Lipinski definition) is 10. The summed E-state index contributed by atoms with van der Waals surface area (Å²) in [5.41, 5.74) is -1.27. The van der Waals surface area contributed by atoms with E-state index < -0.39 is 0 Å². The zero-order valence-corrected chi connectivity index (χ0v) is 52.0. The predicted octanol–water partition coefficient (Wildman–Crippen LogP) is 16.4. The van der Waals surface area contributed by atoms with Crippen LogP contribution in [0.15, 0.2) is 0 Å². The molecule has 438 valence electrons. The molecular formula is C66H114O10. The van der Waals surface area contributed by atoms with E-state index in [0.717, 1.165) is 118 Å². The number of carbonyl (C=O) groups excluding carboxylic acids is 5. The first-order valence-electron chi connectivity index (χ1n) is 31.3. The Morgan fingerprint density at radius 1 is 0.434 bits per heavy atom. The molecule has 8 bridgehead atoms. The highest BCUT2D eigenvalue weighted by molar-refractivity contribution is 5.78. The second-order valence-electron chi connectivity index (χ2n) is 29.8. The molecule has 76 heavy (non-hydrogen) atoms. The number of methoxy groups -OCH3 is 1. The molecule has 0 radical (unpaired) electrons. The Kier molecular flexibility index (Phi) is 21.8. The van der Waals surface area contributed by atoms with Crippen LogP contribution in [0.1, 0.15) is 272 Å². The first kappa shape index (κ1) is 64.2. The third-order valence-electron chi connectivity index (χ3n) is 22.2. The molecular weight excluding hydrogens is 953 g/mol. The van der Waals surface area contributed by atoms with Gasteiger partial charge >= 0.3 is 29.8 Å². The summed E-state index contributed by atoms with van der Waals surface area (Å²) in [6.07, 6.45) is 28.7. The molecule has 0 aromatic rings. The summed E-state index contributed by atoms with van der Waals surface area (Å²) in [5, 5.41) is 0. The number of ether oxygens (including phenoxy) is 5. The van der Waals surface area contributed by atoms with Crippen LogP contribution in [0.4, 0.5) is 0 Å². The van der Waals surface area contributed by atoms with E-state index in [9.17, 15) is 24.0 Å². The lowest BCUT2D eigenvalue weighted by Gasteiger charge is -2.56. The normalized spacial score (nSPS) is 32.6. The van der Waals surface area contributed by atoms with Crippen LogP contribution in [0.3, 0.4) is 0 Å². The fourth-order valence-electron chi connectivity index (χ4n) is 14.8. The summed E-state index contributed by atoms with van der Waals surface area (Å²) in [6, 6.07) is 0. The van der Waals surface area contributed by atoms with Crippen molar-refractivity contribution in [1.29, 1.82) is 0 Å². The highest BCUT2D eigenvalue weighted by atomic mass is 16.6. The van der Waals surface area contributed by atoms with Crippen LogP contribution in [0.5, 0.6) is 0 Å². The predicted molar refractivity (Wildman–Crippen MR) is 304 cm³/mol. The molecule has 10 heteroatoms.